The molecule has 0 spiro atoms. The van der Waals surface area contributed by atoms with Gasteiger partial charge in [-0.1, -0.05) is 12.1 Å². The van der Waals surface area contributed by atoms with E-state index in [0.717, 1.165) is 16.6 Å². The quantitative estimate of drug-likeness (QED) is 0.549. The normalized spacial score (nSPS) is 10.8. The van der Waals surface area contributed by atoms with E-state index in [2.05, 4.69) is 11.1 Å². The van der Waals surface area contributed by atoms with Crippen LogP contribution in [0.1, 0.15) is 17.1 Å². The summed E-state index contributed by atoms with van der Waals surface area (Å²) in [6, 6.07) is 18.5. The molecular weight excluding hydrogens is 352 g/mol. The van der Waals surface area contributed by atoms with E-state index in [0.29, 0.717) is 29.6 Å². The molecule has 2 aromatic carbocycles. The number of rotatable bonds is 4. The van der Waals surface area contributed by atoms with Crippen LogP contribution in [0.4, 0.5) is 0 Å². The second kappa shape index (κ2) is 7.05. The van der Waals surface area contributed by atoms with Crippen LogP contribution < -0.4 is 10.3 Å². The van der Waals surface area contributed by atoms with Crippen molar-refractivity contribution in [2.75, 3.05) is 0 Å². The van der Waals surface area contributed by atoms with E-state index in [4.69, 9.17) is 10.00 Å². The van der Waals surface area contributed by atoms with Gasteiger partial charge in [0, 0.05) is 18.0 Å². The Bertz CT molecular complexity index is 1280. The lowest BCUT2D eigenvalue weighted by Crippen LogP contribution is -2.21. The highest BCUT2D eigenvalue weighted by Gasteiger charge is 2.09. The Hall–Kier alpha value is -3.85. The summed E-state index contributed by atoms with van der Waals surface area (Å²) in [5.74, 6) is 1.28. The Balaban J connectivity index is 1.69. The summed E-state index contributed by atoms with van der Waals surface area (Å²) in [7, 11) is 0. The van der Waals surface area contributed by atoms with Crippen molar-refractivity contribution in [3.8, 4) is 17.5 Å². The summed E-state index contributed by atoms with van der Waals surface area (Å²) in [5, 5.41) is 10.1. The number of aromatic nitrogens is 3. The van der Waals surface area contributed by atoms with Crippen molar-refractivity contribution in [1.82, 2.24) is 14.1 Å². The number of fused-ring (bicyclic) bond motifs is 1. The van der Waals surface area contributed by atoms with E-state index < -0.39 is 0 Å². The Morgan fingerprint density at radius 2 is 1.96 bits per heavy atom. The minimum atomic E-state index is -0.105. The zero-order valence-electron chi connectivity index (χ0n) is 15.6. The van der Waals surface area contributed by atoms with Gasteiger partial charge < -0.3 is 9.30 Å². The first-order valence-electron chi connectivity index (χ1n) is 8.85. The lowest BCUT2D eigenvalue weighted by Gasteiger charge is -2.12. The predicted molar refractivity (Wildman–Crippen MR) is 107 cm³/mol. The van der Waals surface area contributed by atoms with Gasteiger partial charge in [0.1, 0.15) is 11.6 Å². The molecule has 28 heavy (non-hydrogen) atoms. The molecule has 0 aliphatic carbocycles. The maximum Gasteiger partial charge on any atom is 0.258 e. The fourth-order valence-corrected chi connectivity index (χ4v) is 3.28. The molecule has 0 atom stereocenters. The van der Waals surface area contributed by atoms with Crippen molar-refractivity contribution < 1.29 is 4.74 Å². The van der Waals surface area contributed by atoms with Gasteiger partial charge in [0.2, 0.25) is 0 Å². The fraction of sp³-hybridized carbons (Fsp3) is 0.136. The molecule has 4 rings (SSSR count). The molecule has 138 valence electrons. The van der Waals surface area contributed by atoms with Crippen molar-refractivity contribution >= 4 is 10.9 Å². The summed E-state index contributed by atoms with van der Waals surface area (Å²) in [5.41, 5.74) is 2.86. The van der Waals surface area contributed by atoms with E-state index in [-0.39, 0.29) is 5.56 Å². The van der Waals surface area contributed by atoms with Crippen molar-refractivity contribution in [3.63, 3.8) is 0 Å². The number of nitrogens with zero attached hydrogens (tertiary/aromatic N) is 4. The van der Waals surface area contributed by atoms with E-state index in [1.165, 1.54) is 6.07 Å². The Kier molecular flexibility index (Phi) is 4.42. The van der Waals surface area contributed by atoms with Crippen LogP contribution in [0.15, 0.2) is 65.6 Å². The average molecular weight is 370 g/mol. The van der Waals surface area contributed by atoms with E-state index in [9.17, 15) is 4.79 Å². The minimum absolute atomic E-state index is 0.105. The maximum atomic E-state index is 12.5. The monoisotopic (exact) mass is 370 g/mol. The van der Waals surface area contributed by atoms with Crippen molar-refractivity contribution in [1.29, 1.82) is 5.26 Å². The van der Waals surface area contributed by atoms with Gasteiger partial charge in [-0.3, -0.25) is 9.36 Å². The summed E-state index contributed by atoms with van der Waals surface area (Å²) in [6.45, 7) is 3.93. The third-order valence-corrected chi connectivity index (χ3v) is 4.56. The van der Waals surface area contributed by atoms with Gasteiger partial charge in [-0.15, -0.1) is 0 Å². The third kappa shape index (κ3) is 3.26. The van der Waals surface area contributed by atoms with Crippen LogP contribution in [0.25, 0.3) is 16.6 Å². The average Bonchev–Trinajstić information content (AvgIpc) is 3.08. The van der Waals surface area contributed by atoms with Crippen LogP contribution in [0.2, 0.25) is 0 Å². The van der Waals surface area contributed by atoms with Crippen molar-refractivity contribution in [3.05, 3.63) is 88.2 Å². The highest BCUT2D eigenvalue weighted by Crippen LogP contribution is 2.21. The van der Waals surface area contributed by atoms with Gasteiger partial charge in [-0.2, -0.15) is 5.26 Å². The fourth-order valence-electron chi connectivity index (χ4n) is 3.28. The van der Waals surface area contributed by atoms with Gasteiger partial charge in [-0.05, 0) is 55.6 Å². The topological polar surface area (TPSA) is 72.8 Å². The molecule has 6 nitrogen and oxygen atoms in total. The number of hydrogen-bond donors (Lipinski definition) is 0. The van der Waals surface area contributed by atoms with Crippen LogP contribution >= 0.6 is 0 Å². The molecular formula is C22H18N4O2. The smallest absolute Gasteiger partial charge is 0.258 e. The molecule has 0 amide bonds. The number of aryl methyl sites for hydroxylation is 2. The molecule has 0 unspecified atom stereocenters. The lowest BCUT2D eigenvalue weighted by atomic mass is 10.2. The molecule has 0 saturated carbocycles. The summed E-state index contributed by atoms with van der Waals surface area (Å²) < 4.78 is 9.40. The molecule has 0 radical (unpaired) electrons. The van der Waals surface area contributed by atoms with Gasteiger partial charge >= 0.3 is 0 Å². The SMILES string of the molecule is Cc1cc(=O)n(-c2ccc3ccn(COc4cccc(C#N)c4)c3c2)c(C)n1. The Morgan fingerprint density at radius 3 is 2.75 bits per heavy atom. The molecule has 0 aliphatic rings. The summed E-state index contributed by atoms with van der Waals surface area (Å²) >= 11 is 0. The molecule has 0 bridgehead atoms. The number of nitriles is 1. The van der Waals surface area contributed by atoms with Crippen molar-refractivity contribution in [2.24, 2.45) is 0 Å². The highest BCUT2D eigenvalue weighted by molar-refractivity contribution is 5.82. The molecule has 4 aromatic rings. The number of hydrogen-bond acceptors (Lipinski definition) is 4. The summed E-state index contributed by atoms with van der Waals surface area (Å²) in [4.78, 5) is 16.9. The second-order valence-electron chi connectivity index (χ2n) is 6.56. The molecule has 2 heterocycles. The van der Waals surface area contributed by atoms with Crippen molar-refractivity contribution in [2.45, 2.75) is 20.6 Å². The molecule has 2 aromatic heterocycles. The zero-order chi connectivity index (χ0) is 19.7. The van der Waals surface area contributed by atoms with E-state index in [1.54, 1.807) is 22.8 Å². The summed E-state index contributed by atoms with van der Waals surface area (Å²) in [6.07, 6.45) is 1.94. The molecule has 0 N–H and O–H groups in total. The zero-order valence-corrected chi connectivity index (χ0v) is 15.6. The lowest BCUT2D eigenvalue weighted by molar-refractivity contribution is 0.241. The molecule has 0 fully saturated rings. The Morgan fingerprint density at radius 1 is 1.11 bits per heavy atom. The van der Waals surface area contributed by atoms with E-state index >= 15 is 0 Å². The van der Waals surface area contributed by atoms with Crippen LogP contribution in [-0.4, -0.2) is 14.1 Å². The molecule has 6 heteroatoms. The first-order valence-corrected chi connectivity index (χ1v) is 8.85. The highest BCUT2D eigenvalue weighted by atomic mass is 16.5. The standard InChI is InChI=1S/C22H18N4O2/c1-15-10-22(27)26(16(2)24-15)19-7-6-18-8-9-25(21(18)12-19)14-28-20-5-3-4-17(11-20)13-23/h3-12H,14H2,1-2H3. The van der Waals surface area contributed by atoms with Crippen LogP contribution in [-0.2, 0) is 6.73 Å². The van der Waals surface area contributed by atoms with Crippen LogP contribution in [0, 0.1) is 25.2 Å². The first kappa shape index (κ1) is 17.6. The maximum absolute atomic E-state index is 12.5. The largest absolute Gasteiger partial charge is 0.473 e. The van der Waals surface area contributed by atoms with E-state index in [1.807, 2.05) is 54.9 Å². The van der Waals surface area contributed by atoms with Gasteiger partial charge in [0.25, 0.3) is 5.56 Å². The number of ether oxygens (including phenoxy) is 1. The van der Waals surface area contributed by atoms with Gasteiger partial charge in [0.05, 0.1) is 22.8 Å². The van der Waals surface area contributed by atoms with Crippen LogP contribution in [0.5, 0.6) is 5.75 Å². The second-order valence-corrected chi connectivity index (χ2v) is 6.56. The first-order chi connectivity index (χ1) is 13.5. The molecule has 0 saturated heterocycles. The van der Waals surface area contributed by atoms with Gasteiger partial charge in [-0.25, -0.2) is 4.98 Å². The predicted octanol–water partition coefficient (Wildman–Crippen LogP) is 3.71. The number of benzene rings is 2. The minimum Gasteiger partial charge on any atom is -0.473 e. The molecule has 0 aliphatic heterocycles. The van der Waals surface area contributed by atoms with Crippen LogP contribution in [0.3, 0.4) is 0 Å². The van der Waals surface area contributed by atoms with Gasteiger partial charge in [0.15, 0.2) is 6.73 Å². The third-order valence-electron chi connectivity index (χ3n) is 4.56. The Labute approximate surface area is 161 Å².